The Balaban J connectivity index is 2.07. The number of amides is 1. The van der Waals surface area contributed by atoms with Crippen LogP contribution in [0.3, 0.4) is 0 Å². The zero-order valence-electron chi connectivity index (χ0n) is 11.0. The van der Waals surface area contributed by atoms with Crippen LogP contribution in [0.15, 0.2) is 48.5 Å². The molecule has 0 unspecified atom stereocenters. The monoisotopic (exact) mass is 265 g/mol. The first kappa shape index (κ1) is 13.8. The molecule has 2 aromatic carbocycles. The van der Waals surface area contributed by atoms with Crippen LogP contribution in [0.1, 0.15) is 16.7 Å². The lowest BCUT2D eigenvalue weighted by molar-refractivity contribution is -0.115. The molecule has 4 heteroatoms. The molecule has 0 saturated carbocycles. The fourth-order valence-corrected chi connectivity index (χ4v) is 1.97. The van der Waals surface area contributed by atoms with Gasteiger partial charge in [0.25, 0.3) is 0 Å². The van der Waals surface area contributed by atoms with Gasteiger partial charge in [0.1, 0.15) is 0 Å². The summed E-state index contributed by atoms with van der Waals surface area (Å²) < 4.78 is 0. The summed E-state index contributed by atoms with van der Waals surface area (Å²) in [4.78, 5) is 12.0. The third-order valence-corrected chi connectivity index (χ3v) is 2.96. The van der Waals surface area contributed by atoms with Gasteiger partial charge in [0.05, 0.1) is 18.1 Å². The quantitative estimate of drug-likeness (QED) is 0.889. The van der Waals surface area contributed by atoms with Crippen LogP contribution in [0.4, 0.5) is 5.69 Å². The van der Waals surface area contributed by atoms with Gasteiger partial charge in [0, 0.05) is 12.2 Å². The molecule has 3 N–H and O–H groups in total. The summed E-state index contributed by atoms with van der Waals surface area (Å²) in [6, 6.07) is 16.5. The molecule has 0 atom stereocenters. The van der Waals surface area contributed by atoms with Gasteiger partial charge in [-0.15, -0.1) is 0 Å². The van der Waals surface area contributed by atoms with E-state index < -0.39 is 0 Å². The first-order chi connectivity index (χ1) is 9.72. The molecule has 0 fully saturated rings. The SMILES string of the molecule is N#Cc1cccc(NC(=O)Cc2ccccc2CN)c1. The van der Waals surface area contributed by atoms with E-state index in [2.05, 4.69) is 5.32 Å². The van der Waals surface area contributed by atoms with Gasteiger partial charge in [-0.3, -0.25) is 4.79 Å². The zero-order chi connectivity index (χ0) is 14.4. The van der Waals surface area contributed by atoms with Crippen LogP contribution >= 0.6 is 0 Å². The summed E-state index contributed by atoms with van der Waals surface area (Å²) in [5, 5.41) is 11.6. The van der Waals surface area contributed by atoms with E-state index in [0.717, 1.165) is 11.1 Å². The molecule has 100 valence electrons. The van der Waals surface area contributed by atoms with Gasteiger partial charge in [-0.05, 0) is 29.3 Å². The molecular weight excluding hydrogens is 250 g/mol. The normalized spacial score (nSPS) is 9.80. The van der Waals surface area contributed by atoms with Crippen molar-refractivity contribution in [3.8, 4) is 6.07 Å². The third kappa shape index (κ3) is 3.44. The van der Waals surface area contributed by atoms with Crippen molar-refractivity contribution < 1.29 is 4.79 Å². The van der Waals surface area contributed by atoms with Crippen LogP contribution in [0.25, 0.3) is 0 Å². The van der Waals surface area contributed by atoms with E-state index in [4.69, 9.17) is 11.0 Å². The van der Waals surface area contributed by atoms with Gasteiger partial charge in [0.2, 0.25) is 5.91 Å². The van der Waals surface area contributed by atoms with Gasteiger partial charge >= 0.3 is 0 Å². The van der Waals surface area contributed by atoms with Crippen molar-refractivity contribution in [2.45, 2.75) is 13.0 Å². The minimum Gasteiger partial charge on any atom is -0.326 e. The van der Waals surface area contributed by atoms with Crippen LogP contribution in [0.5, 0.6) is 0 Å². The van der Waals surface area contributed by atoms with Crippen LogP contribution in [0.2, 0.25) is 0 Å². The minimum atomic E-state index is -0.124. The topological polar surface area (TPSA) is 78.9 Å². The number of carbonyl (C=O) groups excluding carboxylic acids is 1. The highest BCUT2D eigenvalue weighted by Gasteiger charge is 2.07. The van der Waals surface area contributed by atoms with Gasteiger partial charge in [-0.25, -0.2) is 0 Å². The second-order valence-corrected chi connectivity index (χ2v) is 4.39. The number of anilines is 1. The highest BCUT2D eigenvalue weighted by Crippen LogP contribution is 2.12. The molecule has 0 saturated heterocycles. The predicted molar refractivity (Wildman–Crippen MR) is 77.8 cm³/mol. The maximum Gasteiger partial charge on any atom is 0.228 e. The van der Waals surface area contributed by atoms with Crippen molar-refractivity contribution in [2.75, 3.05) is 5.32 Å². The van der Waals surface area contributed by atoms with Crippen molar-refractivity contribution in [1.29, 1.82) is 5.26 Å². The second kappa shape index (κ2) is 6.50. The number of nitrogens with two attached hydrogens (primary N) is 1. The van der Waals surface area contributed by atoms with Gasteiger partial charge in [-0.1, -0.05) is 30.3 Å². The lowest BCUT2D eigenvalue weighted by Gasteiger charge is -2.08. The molecule has 0 aliphatic rings. The fraction of sp³-hybridized carbons (Fsp3) is 0.125. The third-order valence-electron chi connectivity index (χ3n) is 2.96. The lowest BCUT2D eigenvalue weighted by Crippen LogP contribution is -2.16. The Morgan fingerprint density at radius 3 is 2.60 bits per heavy atom. The van der Waals surface area contributed by atoms with Crippen LogP contribution in [0, 0.1) is 11.3 Å². The Labute approximate surface area is 117 Å². The zero-order valence-corrected chi connectivity index (χ0v) is 11.0. The van der Waals surface area contributed by atoms with E-state index in [0.29, 0.717) is 17.8 Å². The number of hydrogen-bond donors (Lipinski definition) is 2. The predicted octanol–water partition coefficient (Wildman–Crippen LogP) is 2.20. The van der Waals surface area contributed by atoms with E-state index in [1.54, 1.807) is 24.3 Å². The number of nitriles is 1. The summed E-state index contributed by atoms with van der Waals surface area (Å²) in [7, 11) is 0. The molecule has 0 aliphatic heterocycles. The first-order valence-corrected chi connectivity index (χ1v) is 6.30. The molecule has 20 heavy (non-hydrogen) atoms. The first-order valence-electron chi connectivity index (χ1n) is 6.30. The largest absolute Gasteiger partial charge is 0.326 e. The van der Waals surface area contributed by atoms with Gasteiger partial charge in [-0.2, -0.15) is 5.26 Å². The maximum atomic E-state index is 12.0. The average molecular weight is 265 g/mol. The highest BCUT2D eigenvalue weighted by atomic mass is 16.1. The van der Waals surface area contributed by atoms with Crippen molar-refractivity contribution in [2.24, 2.45) is 5.73 Å². The fourth-order valence-electron chi connectivity index (χ4n) is 1.97. The number of nitrogens with zero attached hydrogens (tertiary/aromatic N) is 1. The molecule has 4 nitrogen and oxygen atoms in total. The summed E-state index contributed by atoms with van der Waals surface area (Å²) in [6.07, 6.45) is 0.268. The Hall–Kier alpha value is -2.64. The molecule has 0 spiro atoms. The van der Waals surface area contributed by atoms with E-state index in [-0.39, 0.29) is 12.3 Å². The van der Waals surface area contributed by atoms with E-state index >= 15 is 0 Å². The molecule has 0 bridgehead atoms. The number of rotatable bonds is 4. The summed E-state index contributed by atoms with van der Waals surface area (Å²) >= 11 is 0. The summed E-state index contributed by atoms with van der Waals surface area (Å²) in [6.45, 7) is 0.410. The van der Waals surface area contributed by atoms with Gasteiger partial charge in [0.15, 0.2) is 0 Å². The Kier molecular flexibility index (Phi) is 4.48. The molecule has 1 amide bonds. The molecule has 0 radical (unpaired) electrons. The molecule has 0 aromatic heterocycles. The van der Waals surface area contributed by atoms with E-state index in [9.17, 15) is 4.79 Å². The minimum absolute atomic E-state index is 0.124. The van der Waals surface area contributed by atoms with E-state index in [1.807, 2.05) is 30.3 Å². The lowest BCUT2D eigenvalue weighted by atomic mass is 10.0. The maximum absolute atomic E-state index is 12.0. The molecule has 0 heterocycles. The average Bonchev–Trinajstić information content (AvgIpc) is 2.48. The Morgan fingerprint density at radius 1 is 1.15 bits per heavy atom. The number of hydrogen-bond acceptors (Lipinski definition) is 3. The van der Waals surface area contributed by atoms with Crippen molar-refractivity contribution in [3.05, 3.63) is 65.2 Å². The van der Waals surface area contributed by atoms with Crippen LogP contribution in [-0.2, 0) is 17.8 Å². The number of benzene rings is 2. The van der Waals surface area contributed by atoms with Crippen LogP contribution in [-0.4, -0.2) is 5.91 Å². The molecule has 0 aliphatic carbocycles. The van der Waals surface area contributed by atoms with Crippen molar-refractivity contribution >= 4 is 11.6 Å². The van der Waals surface area contributed by atoms with Crippen molar-refractivity contribution in [1.82, 2.24) is 0 Å². The highest BCUT2D eigenvalue weighted by molar-refractivity contribution is 5.92. The standard InChI is InChI=1S/C16H15N3O/c17-10-12-4-3-7-15(8-12)19-16(20)9-13-5-1-2-6-14(13)11-18/h1-8H,9,11,18H2,(H,19,20). The molecule has 2 aromatic rings. The second-order valence-electron chi connectivity index (χ2n) is 4.39. The van der Waals surface area contributed by atoms with E-state index in [1.165, 1.54) is 0 Å². The van der Waals surface area contributed by atoms with Gasteiger partial charge < -0.3 is 11.1 Å². The summed E-state index contributed by atoms with van der Waals surface area (Å²) in [5.41, 5.74) is 8.68. The van der Waals surface area contributed by atoms with Crippen molar-refractivity contribution in [3.63, 3.8) is 0 Å². The smallest absolute Gasteiger partial charge is 0.228 e. The molecular formula is C16H15N3O. The number of nitrogens with one attached hydrogen (secondary N) is 1. The number of carbonyl (C=O) groups is 1. The Bertz CT molecular complexity index is 659. The van der Waals surface area contributed by atoms with Crippen LogP contribution < -0.4 is 11.1 Å². The summed E-state index contributed by atoms with van der Waals surface area (Å²) in [5.74, 6) is -0.124. The molecule has 2 rings (SSSR count). The Morgan fingerprint density at radius 2 is 1.90 bits per heavy atom.